The van der Waals surface area contributed by atoms with E-state index in [0.717, 1.165) is 11.1 Å². The molecular formula is C21H21Cl2N3O3. The number of amides is 1. The first-order valence-corrected chi connectivity index (χ1v) is 9.89. The Morgan fingerprint density at radius 2 is 1.93 bits per heavy atom. The molecule has 0 saturated heterocycles. The van der Waals surface area contributed by atoms with Crippen molar-refractivity contribution >= 4 is 29.1 Å². The third kappa shape index (κ3) is 5.28. The van der Waals surface area contributed by atoms with Crippen LogP contribution in [0, 0.1) is 6.92 Å². The summed E-state index contributed by atoms with van der Waals surface area (Å²) in [4.78, 5) is 18.7. The second-order valence-corrected chi connectivity index (χ2v) is 7.48. The fourth-order valence-electron chi connectivity index (χ4n) is 2.73. The lowest BCUT2D eigenvalue weighted by atomic mass is 10.2. The molecule has 3 aromatic rings. The molecule has 0 N–H and O–H groups in total. The Balaban J connectivity index is 1.65. The molecule has 1 amide bonds. The molecule has 3 rings (SSSR count). The molecule has 0 aliphatic carbocycles. The van der Waals surface area contributed by atoms with Gasteiger partial charge >= 0.3 is 0 Å². The first-order chi connectivity index (χ1) is 13.9. The number of benzene rings is 2. The van der Waals surface area contributed by atoms with Crippen LogP contribution in [-0.4, -0.2) is 34.1 Å². The van der Waals surface area contributed by atoms with Gasteiger partial charge in [-0.25, -0.2) is 0 Å². The van der Waals surface area contributed by atoms with Crippen LogP contribution < -0.4 is 4.74 Å². The Morgan fingerprint density at radius 1 is 1.21 bits per heavy atom. The van der Waals surface area contributed by atoms with Gasteiger partial charge in [0.1, 0.15) is 5.75 Å². The lowest BCUT2D eigenvalue weighted by molar-refractivity contribution is -0.138. The summed E-state index contributed by atoms with van der Waals surface area (Å²) in [5.41, 5.74) is 1.67. The Labute approximate surface area is 179 Å². The first kappa shape index (κ1) is 21.1. The van der Waals surface area contributed by atoms with Gasteiger partial charge in [-0.15, -0.1) is 0 Å². The SMILES string of the molecule is CC[C@@H](Oc1ccc(Cl)c(C)c1)C(=O)N(C)Cc1nc(-c2ccc(Cl)cc2)no1. The normalized spacial score (nSPS) is 11.9. The monoisotopic (exact) mass is 433 g/mol. The lowest BCUT2D eigenvalue weighted by Gasteiger charge is -2.23. The van der Waals surface area contributed by atoms with Crippen LogP contribution in [0.15, 0.2) is 47.0 Å². The number of hydrogen-bond donors (Lipinski definition) is 0. The number of hydrogen-bond acceptors (Lipinski definition) is 5. The van der Waals surface area contributed by atoms with Gasteiger partial charge in [0.2, 0.25) is 11.7 Å². The van der Waals surface area contributed by atoms with Crippen LogP contribution in [0.4, 0.5) is 0 Å². The van der Waals surface area contributed by atoms with Crippen LogP contribution in [0.2, 0.25) is 10.0 Å². The smallest absolute Gasteiger partial charge is 0.263 e. The topological polar surface area (TPSA) is 68.5 Å². The average Bonchev–Trinajstić information content (AvgIpc) is 3.17. The summed E-state index contributed by atoms with van der Waals surface area (Å²) < 4.78 is 11.2. The van der Waals surface area contributed by atoms with Gasteiger partial charge in [0.25, 0.3) is 5.91 Å². The van der Waals surface area contributed by atoms with Gasteiger partial charge in [-0.2, -0.15) is 4.98 Å². The number of carbonyl (C=O) groups excluding carboxylic acids is 1. The third-order valence-corrected chi connectivity index (χ3v) is 5.05. The summed E-state index contributed by atoms with van der Waals surface area (Å²) in [7, 11) is 1.67. The summed E-state index contributed by atoms with van der Waals surface area (Å²) in [6.45, 7) is 3.96. The predicted octanol–water partition coefficient (Wildman–Crippen LogP) is 5.17. The molecule has 0 spiro atoms. The van der Waals surface area contributed by atoms with E-state index in [1.807, 2.05) is 19.9 Å². The van der Waals surface area contributed by atoms with E-state index < -0.39 is 6.10 Å². The van der Waals surface area contributed by atoms with Crippen LogP contribution in [0.1, 0.15) is 24.8 Å². The van der Waals surface area contributed by atoms with Crippen LogP contribution in [-0.2, 0) is 11.3 Å². The molecule has 1 heterocycles. The number of halogens is 2. The summed E-state index contributed by atoms with van der Waals surface area (Å²) in [5.74, 6) is 1.20. The minimum Gasteiger partial charge on any atom is -0.481 e. The molecule has 0 unspecified atom stereocenters. The van der Waals surface area contributed by atoms with Gasteiger partial charge in [-0.3, -0.25) is 4.79 Å². The zero-order valence-corrected chi connectivity index (χ0v) is 17.9. The van der Waals surface area contributed by atoms with Gasteiger partial charge in [-0.1, -0.05) is 35.3 Å². The van der Waals surface area contributed by atoms with Crippen molar-refractivity contribution in [1.82, 2.24) is 15.0 Å². The Kier molecular flexibility index (Phi) is 6.77. The molecule has 6 nitrogen and oxygen atoms in total. The predicted molar refractivity (Wildman–Crippen MR) is 112 cm³/mol. The molecule has 0 aliphatic rings. The lowest BCUT2D eigenvalue weighted by Crippen LogP contribution is -2.39. The van der Waals surface area contributed by atoms with E-state index in [1.165, 1.54) is 4.90 Å². The van der Waals surface area contributed by atoms with Crippen molar-refractivity contribution in [1.29, 1.82) is 0 Å². The Bertz CT molecular complexity index is 989. The number of rotatable bonds is 7. The second kappa shape index (κ2) is 9.29. The van der Waals surface area contributed by atoms with Gasteiger partial charge in [-0.05, 0) is 61.4 Å². The van der Waals surface area contributed by atoms with Crippen molar-refractivity contribution in [3.8, 4) is 17.1 Å². The van der Waals surface area contributed by atoms with Crippen molar-refractivity contribution in [2.75, 3.05) is 7.05 Å². The number of likely N-dealkylation sites (N-methyl/N-ethyl adjacent to an activating group) is 1. The second-order valence-electron chi connectivity index (χ2n) is 6.64. The molecule has 152 valence electrons. The van der Waals surface area contributed by atoms with E-state index >= 15 is 0 Å². The summed E-state index contributed by atoms with van der Waals surface area (Å²) in [6, 6.07) is 12.4. The molecule has 0 aliphatic heterocycles. The van der Waals surface area contributed by atoms with Gasteiger partial charge in [0.15, 0.2) is 6.10 Å². The maximum Gasteiger partial charge on any atom is 0.263 e. The maximum absolute atomic E-state index is 12.8. The highest BCUT2D eigenvalue weighted by Crippen LogP contribution is 2.23. The minimum atomic E-state index is -0.626. The fraction of sp³-hybridized carbons (Fsp3) is 0.286. The Morgan fingerprint density at radius 3 is 2.59 bits per heavy atom. The average molecular weight is 434 g/mol. The highest BCUT2D eigenvalue weighted by atomic mass is 35.5. The quantitative estimate of drug-likeness (QED) is 0.513. The fourth-order valence-corrected chi connectivity index (χ4v) is 2.97. The standard InChI is InChI=1S/C21H21Cl2N3O3/c1-4-18(28-16-9-10-17(23)13(2)11-16)21(27)26(3)12-19-24-20(25-29-19)14-5-7-15(22)8-6-14/h5-11,18H,4,12H2,1-3H3/t18-/m1/s1. The van der Waals surface area contributed by atoms with E-state index in [1.54, 1.807) is 43.4 Å². The molecule has 0 bridgehead atoms. The van der Waals surface area contributed by atoms with Crippen molar-refractivity contribution in [3.05, 3.63) is 64.0 Å². The molecule has 2 aromatic carbocycles. The van der Waals surface area contributed by atoms with E-state index in [-0.39, 0.29) is 12.5 Å². The van der Waals surface area contributed by atoms with Crippen molar-refractivity contribution in [3.63, 3.8) is 0 Å². The van der Waals surface area contributed by atoms with E-state index in [4.69, 9.17) is 32.5 Å². The largest absolute Gasteiger partial charge is 0.481 e. The molecular weight excluding hydrogens is 413 g/mol. The zero-order chi connectivity index (χ0) is 21.0. The Hall–Kier alpha value is -2.57. The summed E-state index contributed by atoms with van der Waals surface area (Å²) >= 11 is 11.9. The van der Waals surface area contributed by atoms with Crippen LogP contribution in [0.25, 0.3) is 11.4 Å². The first-order valence-electron chi connectivity index (χ1n) is 9.13. The highest BCUT2D eigenvalue weighted by molar-refractivity contribution is 6.31. The van der Waals surface area contributed by atoms with Gasteiger partial charge in [0, 0.05) is 22.7 Å². The number of aryl methyl sites for hydroxylation is 1. The highest BCUT2D eigenvalue weighted by Gasteiger charge is 2.24. The van der Waals surface area contributed by atoms with Crippen LogP contribution >= 0.6 is 23.2 Å². The van der Waals surface area contributed by atoms with Crippen molar-refractivity contribution < 1.29 is 14.1 Å². The molecule has 29 heavy (non-hydrogen) atoms. The van der Waals surface area contributed by atoms with Crippen LogP contribution in [0.3, 0.4) is 0 Å². The van der Waals surface area contributed by atoms with E-state index in [2.05, 4.69) is 10.1 Å². The molecule has 0 fully saturated rings. The van der Waals surface area contributed by atoms with Crippen molar-refractivity contribution in [2.24, 2.45) is 0 Å². The van der Waals surface area contributed by atoms with Crippen molar-refractivity contribution in [2.45, 2.75) is 32.9 Å². The molecule has 1 atom stereocenters. The van der Waals surface area contributed by atoms with E-state index in [9.17, 15) is 4.79 Å². The summed E-state index contributed by atoms with van der Waals surface area (Å²) in [5, 5.41) is 5.25. The number of aromatic nitrogens is 2. The number of nitrogens with zero attached hydrogens (tertiary/aromatic N) is 3. The minimum absolute atomic E-state index is 0.175. The van der Waals surface area contributed by atoms with Gasteiger partial charge in [0.05, 0.1) is 6.54 Å². The third-order valence-electron chi connectivity index (χ3n) is 4.37. The molecule has 8 heteroatoms. The number of ether oxygens (including phenoxy) is 1. The summed E-state index contributed by atoms with van der Waals surface area (Å²) in [6.07, 6.45) is -0.107. The molecule has 0 radical (unpaired) electrons. The van der Waals surface area contributed by atoms with Crippen LogP contribution in [0.5, 0.6) is 5.75 Å². The van der Waals surface area contributed by atoms with Gasteiger partial charge < -0.3 is 14.2 Å². The molecule has 0 saturated carbocycles. The number of carbonyl (C=O) groups is 1. The zero-order valence-electron chi connectivity index (χ0n) is 16.4. The van der Waals surface area contributed by atoms with E-state index in [0.29, 0.717) is 33.9 Å². The molecule has 1 aromatic heterocycles. The maximum atomic E-state index is 12.8.